The summed E-state index contributed by atoms with van der Waals surface area (Å²) in [5.41, 5.74) is 1.79. The molecule has 0 saturated carbocycles. The smallest absolute Gasteiger partial charge is 0.275 e. The molecule has 1 aliphatic heterocycles. The molecule has 0 aliphatic carbocycles. The molecule has 168 valence electrons. The van der Waals surface area contributed by atoms with Gasteiger partial charge in [-0.1, -0.05) is 11.6 Å². The second kappa shape index (κ2) is 11.0. The van der Waals surface area contributed by atoms with E-state index in [0.717, 1.165) is 17.7 Å². The van der Waals surface area contributed by atoms with Crippen molar-refractivity contribution < 1.29 is 14.3 Å². The molecule has 1 heterocycles. The minimum Gasteiger partial charge on any atom is -0.761 e. The van der Waals surface area contributed by atoms with Crippen LogP contribution < -0.4 is 9.47 Å². The highest BCUT2D eigenvalue weighted by Gasteiger charge is 2.23. The van der Waals surface area contributed by atoms with E-state index < -0.39 is 0 Å². The Morgan fingerprint density at radius 3 is 2.79 bits per heavy atom. The predicted molar refractivity (Wildman–Crippen MR) is 124 cm³/mol. The van der Waals surface area contributed by atoms with Gasteiger partial charge in [-0.2, -0.15) is 10.4 Å². The molecular weight excluding hydrogens is 444 g/mol. The molecule has 1 aliphatic rings. The van der Waals surface area contributed by atoms with Crippen LogP contribution in [0.25, 0.3) is 5.41 Å². The molecule has 1 amide bonds. The molecule has 0 saturated heterocycles. The summed E-state index contributed by atoms with van der Waals surface area (Å²) >= 11 is 6.30. The number of ether oxygens (including phenoxy) is 2. The number of rotatable bonds is 7. The maximum absolute atomic E-state index is 13.1. The van der Waals surface area contributed by atoms with Crippen molar-refractivity contribution in [2.24, 2.45) is 15.3 Å². The first-order chi connectivity index (χ1) is 16.0. The Morgan fingerprint density at radius 1 is 1.30 bits per heavy atom. The van der Waals surface area contributed by atoms with Gasteiger partial charge in [-0.05, 0) is 56.2 Å². The average molecular weight is 464 g/mol. The van der Waals surface area contributed by atoms with Crippen molar-refractivity contribution >= 4 is 34.8 Å². The van der Waals surface area contributed by atoms with Crippen LogP contribution in [0.15, 0.2) is 57.4 Å². The molecule has 0 N–H and O–H groups in total. The van der Waals surface area contributed by atoms with E-state index in [1.165, 1.54) is 23.2 Å². The van der Waals surface area contributed by atoms with Crippen LogP contribution in [0.2, 0.25) is 5.02 Å². The lowest BCUT2D eigenvalue weighted by atomic mass is 10.0. The number of hydrogen-bond acceptors (Lipinski definition) is 7. The molecule has 10 heteroatoms. The largest absolute Gasteiger partial charge is 0.761 e. The normalized spacial score (nSPS) is 13.2. The minimum atomic E-state index is -0.382. The maximum Gasteiger partial charge on any atom is 0.275 e. The van der Waals surface area contributed by atoms with Crippen molar-refractivity contribution in [3.05, 3.63) is 63.7 Å². The number of methoxy groups -OCH3 is 1. The highest BCUT2D eigenvalue weighted by atomic mass is 35.5. The fourth-order valence-electron chi connectivity index (χ4n) is 3.17. The molecule has 0 atom stereocenters. The number of amides is 1. The Kier molecular flexibility index (Phi) is 7.92. The van der Waals surface area contributed by atoms with Crippen LogP contribution in [0.1, 0.15) is 35.7 Å². The van der Waals surface area contributed by atoms with E-state index >= 15 is 0 Å². The van der Waals surface area contributed by atoms with E-state index in [0.29, 0.717) is 36.8 Å². The van der Waals surface area contributed by atoms with E-state index in [1.807, 2.05) is 25.1 Å². The summed E-state index contributed by atoms with van der Waals surface area (Å²) in [7, 11) is 1.58. The Bertz CT molecular complexity index is 1210. The van der Waals surface area contributed by atoms with E-state index in [-0.39, 0.29) is 22.2 Å². The zero-order valence-corrected chi connectivity index (χ0v) is 18.8. The van der Waals surface area contributed by atoms with E-state index in [4.69, 9.17) is 31.7 Å². The van der Waals surface area contributed by atoms with Crippen LogP contribution in [-0.2, 0) is 0 Å². The Balaban J connectivity index is 1.85. The third kappa shape index (κ3) is 5.63. The summed E-state index contributed by atoms with van der Waals surface area (Å²) in [6, 6.07) is 11.7. The van der Waals surface area contributed by atoms with E-state index in [2.05, 4.69) is 15.3 Å². The number of carbonyl (C=O) groups is 1. The van der Waals surface area contributed by atoms with Crippen molar-refractivity contribution in [1.29, 1.82) is 5.26 Å². The molecule has 0 bridgehead atoms. The maximum atomic E-state index is 13.1. The van der Waals surface area contributed by atoms with Crippen molar-refractivity contribution in [3.8, 4) is 17.6 Å². The van der Waals surface area contributed by atoms with Gasteiger partial charge in [-0.3, -0.25) is 4.79 Å². The molecular formula is C23H20ClN6O3-. The van der Waals surface area contributed by atoms with Gasteiger partial charge in [0.05, 0.1) is 35.7 Å². The molecule has 9 nitrogen and oxygen atoms in total. The number of nitriles is 1. The number of halogens is 1. The lowest BCUT2D eigenvalue weighted by Gasteiger charge is -2.24. The monoisotopic (exact) mass is 463 g/mol. The van der Waals surface area contributed by atoms with Gasteiger partial charge in [0.1, 0.15) is 6.07 Å². The van der Waals surface area contributed by atoms with Gasteiger partial charge >= 0.3 is 0 Å². The number of hydrazone groups is 1. The fraction of sp³-hybridized carbons (Fsp3) is 0.261. The Morgan fingerprint density at radius 2 is 2.12 bits per heavy atom. The molecule has 0 aromatic heterocycles. The standard InChI is InChI=1S/C23H20ClN6O3/c1-3-33-22-11-15(6-9-21(22)32-2)20-5-4-10-30(29-20)23(31)18-8-7-16(12-19(18)24)27-28-17(13-25)14-26/h6-9,11-12H,3-5,10H2,1-2H3/q-1. The third-order valence-electron chi connectivity index (χ3n) is 4.72. The summed E-state index contributed by atoms with van der Waals surface area (Å²) < 4.78 is 11.0. The number of allylic oxidation sites excluding steroid dienone is 1. The van der Waals surface area contributed by atoms with Crippen molar-refractivity contribution in [2.45, 2.75) is 19.8 Å². The lowest BCUT2D eigenvalue weighted by Crippen LogP contribution is -2.32. The summed E-state index contributed by atoms with van der Waals surface area (Å²) in [6.07, 6.45) is 1.46. The molecule has 0 radical (unpaired) electrons. The topological polar surface area (TPSA) is 122 Å². The van der Waals surface area contributed by atoms with Gasteiger partial charge in [-0.15, -0.1) is 10.2 Å². The summed E-state index contributed by atoms with van der Waals surface area (Å²) in [5, 5.41) is 30.9. The SMILES string of the molecule is CCOc1cc(C2=NN(C(=O)c3ccc(N=NC(=C=[N-])C#N)cc3Cl)CCC2)ccc1OC. The molecule has 0 fully saturated rings. The van der Waals surface area contributed by atoms with Gasteiger partial charge in [-0.25, -0.2) is 10.9 Å². The van der Waals surface area contributed by atoms with Gasteiger partial charge in [0, 0.05) is 12.1 Å². The fourth-order valence-corrected chi connectivity index (χ4v) is 3.43. The molecule has 0 unspecified atom stereocenters. The van der Waals surface area contributed by atoms with Gasteiger partial charge in [0.15, 0.2) is 17.2 Å². The number of benzene rings is 2. The van der Waals surface area contributed by atoms with Gasteiger partial charge in [0.2, 0.25) is 0 Å². The first-order valence-corrected chi connectivity index (χ1v) is 10.5. The number of azo groups is 1. The quantitative estimate of drug-likeness (QED) is 0.321. The average Bonchev–Trinajstić information content (AvgIpc) is 2.84. The number of nitrogens with zero attached hydrogens (tertiary/aromatic N) is 6. The van der Waals surface area contributed by atoms with Crippen molar-refractivity contribution in [2.75, 3.05) is 20.3 Å². The van der Waals surface area contributed by atoms with Crippen LogP contribution in [0.5, 0.6) is 11.5 Å². The lowest BCUT2D eigenvalue weighted by molar-refractivity contribution is 0.0752. The minimum absolute atomic E-state index is 0.164. The zero-order chi connectivity index (χ0) is 23.8. The highest BCUT2D eigenvalue weighted by Crippen LogP contribution is 2.30. The Hall–Kier alpha value is -3.99. The molecule has 33 heavy (non-hydrogen) atoms. The van der Waals surface area contributed by atoms with Crippen LogP contribution in [0, 0.1) is 11.3 Å². The van der Waals surface area contributed by atoms with Gasteiger partial charge < -0.3 is 14.9 Å². The molecule has 2 aromatic rings. The number of carbonyl (C=O) groups excluding carboxylic acids is 1. The summed E-state index contributed by atoms with van der Waals surface area (Å²) in [5.74, 6) is 2.51. The van der Waals surface area contributed by atoms with Crippen LogP contribution in [-0.4, -0.2) is 42.8 Å². The summed E-state index contributed by atoms with van der Waals surface area (Å²) in [4.78, 5) is 13.1. The zero-order valence-electron chi connectivity index (χ0n) is 18.1. The van der Waals surface area contributed by atoms with E-state index in [1.54, 1.807) is 19.0 Å². The Labute approximate surface area is 196 Å². The second-order valence-corrected chi connectivity index (χ2v) is 7.22. The second-order valence-electron chi connectivity index (χ2n) is 6.81. The van der Waals surface area contributed by atoms with Crippen LogP contribution in [0.4, 0.5) is 5.69 Å². The third-order valence-corrected chi connectivity index (χ3v) is 5.03. The van der Waals surface area contributed by atoms with E-state index in [9.17, 15) is 4.79 Å². The van der Waals surface area contributed by atoms with Crippen molar-refractivity contribution in [3.63, 3.8) is 0 Å². The van der Waals surface area contributed by atoms with Crippen molar-refractivity contribution in [1.82, 2.24) is 5.01 Å². The van der Waals surface area contributed by atoms with Crippen LogP contribution in [0.3, 0.4) is 0 Å². The first kappa shape index (κ1) is 23.7. The van der Waals surface area contributed by atoms with Crippen LogP contribution >= 0.6 is 11.6 Å². The highest BCUT2D eigenvalue weighted by molar-refractivity contribution is 6.34. The first-order valence-electron chi connectivity index (χ1n) is 10.1. The molecule has 3 rings (SSSR count). The number of hydrogen-bond donors (Lipinski definition) is 0. The summed E-state index contributed by atoms with van der Waals surface area (Å²) in [6.45, 7) is 2.85. The predicted octanol–water partition coefficient (Wildman–Crippen LogP) is 5.12. The molecule has 2 aromatic carbocycles. The molecule has 0 spiro atoms. The van der Waals surface area contributed by atoms with Gasteiger partial charge in [0.25, 0.3) is 5.91 Å².